The Morgan fingerprint density at radius 1 is 1.56 bits per heavy atom. The van der Waals surface area contributed by atoms with Gasteiger partial charge in [-0.05, 0) is 32.2 Å². The van der Waals surface area contributed by atoms with Crippen molar-refractivity contribution in [3.63, 3.8) is 0 Å². The largest absolute Gasteiger partial charge is 0.396 e. The summed E-state index contributed by atoms with van der Waals surface area (Å²) >= 11 is 0. The van der Waals surface area contributed by atoms with Gasteiger partial charge in [0, 0.05) is 31.5 Å². The Morgan fingerprint density at radius 3 is 3.00 bits per heavy atom. The van der Waals surface area contributed by atoms with Crippen LogP contribution in [0.5, 0.6) is 0 Å². The van der Waals surface area contributed by atoms with Gasteiger partial charge in [0.1, 0.15) is 0 Å². The van der Waals surface area contributed by atoms with E-state index in [4.69, 9.17) is 5.11 Å². The van der Waals surface area contributed by atoms with Crippen molar-refractivity contribution in [1.29, 1.82) is 0 Å². The predicted molar refractivity (Wildman–Crippen MR) is 65.1 cm³/mol. The van der Waals surface area contributed by atoms with Crippen molar-refractivity contribution in [2.75, 3.05) is 13.2 Å². The molecule has 0 aliphatic carbocycles. The van der Waals surface area contributed by atoms with E-state index < -0.39 is 0 Å². The SMILES string of the molecule is CCn1cc(CNCCCC(C)CO)cn1. The molecule has 4 heteroatoms. The molecule has 0 amide bonds. The van der Waals surface area contributed by atoms with E-state index in [2.05, 4.69) is 30.5 Å². The predicted octanol–water partition coefficient (Wildman–Crippen LogP) is 1.40. The monoisotopic (exact) mass is 225 g/mol. The number of aryl methyl sites for hydroxylation is 1. The lowest BCUT2D eigenvalue weighted by atomic mass is 10.1. The summed E-state index contributed by atoms with van der Waals surface area (Å²) in [7, 11) is 0. The molecule has 0 saturated carbocycles. The number of aliphatic hydroxyl groups is 1. The Kier molecular flexibility index (Phi) is 6.11. The van der Waals surface area contributed by atoms with Crippen LogP contribution in [0.15, 0.2) is 12.4 Å². The summed E-state index contributed by atoms with van der Waals surface area (Å²) in [5.41, 5.74) is 1.23. The minimum absolute atomic E-state index is 0.295. The minimum Gasteiger partial charge on any atom is -0.396 e. The molecule has 0 fully saturated rings. The molecule has 0 bridgehead atoms. The first kappa shape index (κ1) is 13.2. The Morgan fingerprint density at radius 2 is 2.38 bits per heavy atom. The lowest BCUT2D eigenvalue weighted by molar-refractivity contribution is 0.228. The van der Waals surface area contributed by atoms with Gasteiger partial charge in [0.25, 0.3) is 0 Å². The number of hydrogen-bond donors (Lipinski definition) is 2. The van der Waals surface area contributed by atoms with Crippen LogP contribution in [0, 0.1) is 5.92 Å². The van der Waals surface area contributed by atoms with E-state index in [1.165, 1.54) is 5.56 Å². The van der Waals surface area contributed by atoms with E-state index in [0.717, 1.165) is 32.5 Å². The van der Waals surface area contributed by atoms with Gasteiger partial charge in [-0.15, -0.1) is 0 Å². The van der Waals surface area contributed by atoms with Gasteiger partial charge in [0.15, 0.2) is 0 Å². The normalized spacial score (nSPS) is 12.9. The van der Waals surface area contributed by atoms with Crippen molar-refractivity contribution in [3.8, 4) is 0 Å². The van der Waals surface area contributed by atoms with Crippen molar-refractivity contribution in [2.45, 2.75) is 39.8 Å². The fraction of sp³-hybridized carbons (Fsp3) is 0.750. The van der Waals surface area contributed by atoms with Crippen LogP contribution < -0.4 is 5.32 Å². The van der Waals surface area contributed by atoms with Crippen LogP contribution in [0.4, 0.5) is 0 Å². The molecule has 0 radical (unpaired) electrons. The number of nitrogens with zero attached hydrogens (tertiary/aromatic N) is 2. The Labute approximate surface area is 97.7 Å². The maximum atomic E-state index is 8.87. The maximum absolute atomic E-state index is 8.87. The van der Waals surface area contributed by atoms with E-state index >= 15 is 0 Å². The van der Waals surface area contributed by atoms with Crippen LogP contribution in [0.1, 0.15) is 32.3 Å². The first-order chi connectivity index (χ1) is 7.76. The third-order valence-corrected chi connectivity index (χ3v) is 2.70. The third-order valence-electron chi connectivity index (χ3n) is 2.70. The van der Waals surface area contributed by atoms with Crippen molar-refractivity contribution in [3.05, 3.63) is 18.0 Å². The molecule has 1 aromatic rings. The third kappa shape index (κ3) is 4.77. The molecule has 0 aromatic carbocycles. The lowest BCUT2D eigenvalue weighted by Crippen LogP contribution is -2.15. The zero-order valence-corrected chi connectivity index (χ0v) is 10.3. The Balaban J connectivity index is 2.07. The van der Waals surface area contributed by atoms with Gasteiger partial charge < -0.3 is 10.4 Å². The van der Waals surface area contributed by atoms with E-state index in [1.807, 2.05) is 10.9 Å². The molecule has 1 atom stereocenters. The van der Waals surface area contributed by atoms with Crippen molar-refractivity contribution >= 4 is 0 Å². The van der Waals surface area contributed by atoms with Crippen LogP contribution in [-0.2, 0) is 13.1 Å². The van der Waals surface area contributed by atoms with Gasteiger partial charge in [-0.1, -0.05) is 6.92 Å². The van der Waals surface area contributed by atoms with Gasteiger partial charge in [-0.2, -0.15) is 5.10 Å². The van der Waals surface area contributed by atoms with Crippen LogP contribution in [0.3, 0.4) is 0 Å². The number of aliphatic hydroxyl groups excluding tert-OH is 1. The highest BCUT2D eigenvalue weighted by atomic mass is 16.3. The zero-order valence-electron chi connectivity index (χ0n) is 10.3. The summed E-state index contributed by atoms with van der Waals surface area (Å²) in [6.45, 7) is 7.26. The van der Waals surface area contributed by atoms with E-state index in [9.17, 15) is 0 Å². The number of hydrogen-bond acceptors (Lipinski definition) is 3. The number of nitrogens with one attached hydrogen (secondary N) is 1. The first-order valence-corrected chi connectivity index (χ1v) is 6.09. The average Bonchev–Trinajstić information content (AvgIpc) is 2.76. The molecule has 0 saturated heterocycles. The summed E-state index contributed by atoms with van der Waals surface area (Å²) in [6.07, 6.45) is 6.18. The average molecular weight is 225 g/mol. The molecular formula is C12H23N3O. The van der Waals surface area contributed by atoms with Gasteiger partial charge in [-0.3, -0.25) is 4.68 Å². The minimum atomic E-state index is 0.295. The van der Waals surface area contributed by atoms with Crippen molar-refractivity contribution in [1.82, 2.24) is 15.1 Å². The molecule has 1 aromatic heterocycles. The van der Waals surface area contributed by atoms with Gasteiger partial charge >= 0.3 is 0 Å². The fourth-order valence-electron chi connectivity index (χ4n) is 1.57. The van der Waals surface area contributed by atoms with E-state index in [0.29, 0.717) is 12.5 Å². The van der Waals surface area contributed by atoms with Crippen LogP contribution in [0.25, 0.3) is 0 Å². The zero-order chi connectivity index (χ0) is 11.8. The summed E-state index contributed by atoms with van der Waals surface area (Å²) < 4.78 is 1.94. The quantitative estimate of drug-likeness (QED) is 0.658. The van der Waals surface area contributed by atoms with Gasteiger partial charge in [-0.25, -0.2) is 0 Å². The molecular weight excluding hydrogens is 202 g/mol. The van der Waals surface area contributed by atoms with Crippen LogP contribution in [-0.4, -0.2) is 28.0 Å². The molecule has 0 aliphatic rings. The maximum Gasteiger partial charge on any atom is 0.0534 e. The van der Waals surface area contributed by atoms with E-state index in [1.54, 1.807) is 0 Å². The second-order valence-electron chi connectivity index (χ2n) is 4.31. The second-order valence-corrected chi connectivity index (χ2v) is 4.31. The molecule has 1 unspecified atom stereocenters. The van der Waals surface area contributed by atoms with Gasteiger partial charge in [0.05, 0.1) is 6.20 Å². The highest BCUT2D eigenvalue weighted by molar-refractivity contribution is 5.02. The standard InChI is InChI=1S/C12H23N3O/c1-3-15-9-12(8-14-15)7-13-6-4-5-11(2)10-16/h8-9,11,13,16H,3-7,10H2,1-2H3. The highest BCUT2D eigenvalue weighted by Crippen LogP contribution is 2.03. The molecule has 2 N–H and O–H groups in total. The van der Waals surface area contributed by atoms with Crippen LogP contribution in [0.2, 0.25) is 0 Å². The topological polar surface area (TPSA) is 50.1 Å². The summed E-state index contributed by atoms with van der Waals surface area (Å²) in [4.78, 5) is 0. The van der Waals surface area contributed by atoms with Gasteiger partial charge in [0.2, 0.25) is 0 Å². The molecule has 1 heterocycles. The van der Waals surface area contributed by atoms with E-state index in [-0.39, 0.29) is 0 Å². The molecule has 16 heavy (non-hydrogen) atoms. The highest BCUT2D eigenvalue weighted by Gasteiger charge is 2.00. The smallest absolute Gasteiger partial charge is 0.0534 e. The number of aromatic nitrogens is 2. The first-order valence-electron chi connectivity index (χ1n) is 6.09. The second kappa shape index (κ2) is 7.41. The molecule has 0 aliphatic heterocycles. The van der Waals surface area contributed by atoms with Crippen LogP contribution >= 0.6 is 0 Å². The Hall–Kier alpha value is -0.870. The Bertz CT molecular complexity index is 286. The number of rotatable bonds is 8. The summed E-state index contributed by atoms with van der Waals surface area (Å²) in [6, 6.07) is 0. The lowest BCUT2D eigenvalue weighted by Gasteiger charge is -2.07. The fourth-order valence-corrected chi connectivity index (χ4v) is 1.57. The molecule has 92 valence electrons. The summed E-state index contributed by atoms with van der Waals surface area (Å²) in [5, 5.41) is 16.5. The van der Waals surface area contributed by atoms with Crippen molar-refractivity contribution in [2.24, 2.45) is 5.92 Å². The molecule has 0 spiro atoms. The molecule has 1 rings (SSSR count). The summed E-state index contributed by atoms with van der Waals surface area (Å²) in [5.74, 6) is 0.421. The van der Waals surface area contributed by atoms with Crippen molar-refractivity contribution < 1.29 is 5.11 Å². The molecule has 4 nitrogen and oxygen atoms in total.